The van der Waals surface area contributed by atoms with E-state index in [-0.39, 0.29) is 23.7 Å². The summed E-state index contributed by atoms with van der Waals surface area (Å²) in [6.07, 6.45) is 5.52. The van der Waals surface area contributed by atoms with Gasteiger partial charge in [-0.05, 0) is 60.6 Å². The molecule has 2 aromatic rings. The second-order valence-electron chi connectivity index (χ2n) is 9.60. The SMILES string of the molecule is O=C(c1ccc(F)cc1)N1CCN([C@@H](C(=O)N2CCc3ccccc3C2)C2CCCC2)CC1. The topological polar surface area (TPSA) is 43.9 Å². The van der Waals surface area contributed by atoms with Crippen LogP contribution in [0.5, 0.6) is 0 Å². The fraction of sp³-hybridized carbons (Fsp3) is 0.481. The Labute approximate surface area is 195 Å². The lowest BCUT2D eigenvalue weighted by Gasteiger charge is -2.43. The summed E-state index contributed by atoms with van der Waals surface area (Å²) in [7, 11) is 0. The van der Waals surface area contributed by atoms with Crippen LogP contribution < -0.4 is 0 Å². The number of benzene rings is 2. The molecule has 2 heterocycles. The molecule has 0 radical (unpaired) electrons. The molecule has 1 saturated heterocycles. The van der Waals surface area contributed by atoms with E-state index in [1.165, 1.54) is 36.1 Å². The predicted octanol–water partition coefficient (Wildman–Crippen LogP) is 3.73. The van der Waals surface area contributed by atoms with Crippen LogP contribution in [0.1, 0.15) is 47.2 Å². The number of halogens is 1. The highest BCUT2D eigenvalue weighted by Gasteiger charge is 2.40. The van der Waals surface area contributed by atoms with Crippen molar-refractivity contribution in [1.29, 1.82) is 0 Å². The second-order valence-corrected chi connectivity index (χ2v) is 9.60. The van der Waals surface area contributed by atoms with E-state index in [0.29, 0.717) is 44.2 Å². The zero-order chi connectivity index (χ0) is 22.8. The molecule has 2 fully saturated rings. The Bertz CT molecular complexity index is 995. The van der Waals surface area contributed by atoms with Gasteiger partial charge in [-0.3, -0.25) is 14.5 Å². The van der Waals surface area contributed by atoms with Crippen molar-refractivity contribution >= 4 is 11.8 Å². The number of hydrogen-bond donors (Lipinski definition) is 0. The molecule has 0 N–H and O–H groups in total. The molecule has 174 valence electrons. The minimum atomic E-state index is -0.338. The first-order valence-electron chi connectivity index (χ1n) is 12.2. The third kappa shape index (κ3) is 4.67. The summed E-state index contributed by atoms with van der Waals surface area (Å²) < 4.78 is 13.2. The van der Waals surface area contributed by atoms with Gasteiger partial charge in [0, 0.05) is 44.8 Å². The Morgan fingerprint density at radius 1 is 0.818 bits per heavy atom. The first kappa shape index (κ1) is 22.1. The van der Waals surface area contributed by atoms with Gasteiger partial charge in [0.2, 0.25) is 5.91 Å². The molecule has 33 heavy (non-hydrogen) atoms. The van der Waals surface area contributed by atoms with Crippen molar-refractivity contribution < 1.29 is 14.0 Å². The number of piperazine rings is 1. The summed E-state index contributed by atoms with van der Waals surface area (Å²) in [5, 5.41) is 0. The van der Waals surface area contributed by atoms with Gasteiger partial charge in [0.05, 0.1) is 6.04 Å². The highest BCUT2D eigenvalue weighted by Crippen LogP contribution is 2.33. The van der Waals surface area contributed by atoms with Crippen LogP contribution in [0.25, 0.3) is 0 Å². The number of nitrogens with zero attached hydrogens (tertiary/aromatic N) is 3. The highest BCUT2D eigenvalue weighted by molar-refractivity contribution is 5.94. The summed E-state index contributed by atoms with van der Waals surface area (Å²) in [5.41, 5.74) is 3.13. The molecule has 5 nitrogen and oxygen atoms in total. The van der Waals surface area contributed by atoms with E-state index < -0.39 is 0 Å². The molecule has 2 aliphatic heterocycles. The van der Waals surface area contributed by atoms with Crippen LogP contribution in [0.4, 0.5) is 4.39 Å². The molecule has 1 atom stereocenters. The minimum Gasteiger partial charge on any atom is -0.337 e. The molecule has 0 unspecified atom stereocenters. The predicted molar refractivity (Wildman–Crippen MR) is 125 cm³/mol. The molecule has 0 spiro atoms. The largest absolute Gasteiger partial charge is 0.337 e. The monoisotopic (exact) mass is 449 g/mol. The maximum Gasteiger partial charge on any atom is 0.253 e. The van der Waals surface area contributed by atoms with Gasteiger partial charge in [0.15, 0.2) is 0 Å². The summed E-state index contributed by atoms with van der Waals surface area (Å²) in [5.74, 6) is 0.254. The number of hydrogen-bond acceptors (Lipinski definition) is 3. The molecule has 2 amide bonds. The van der Waals surface area contributed by atoms with Gasteiger partial charge < -0.3 is 9.80 Å². The lowest BCUT2D eigenvalue weighted by atomic mass is 9.92. The lowest BCUT2D eigenvalue weighted by molar-refractivity contribution is -0.141. The molecule has 0 aromatic heterocycles. The zero-order valence-corrected chi connectivity index (χ0v) is 19.1. The second kappa shape index (κ2) is 9.64. The first-order valence-corrected chi connectivity index (χ1v) is 12.2. The molecular formula is C27H32FN3O2. The zero-order valence-electron chi connectivity index (χ0n) is 19.1. The maximum absolute atomic E-state index is 13.8. The van der Waals surface area contributed by atoms with Gasteiger partial charge in [-0.1, -0.05) is 37.1 Å². The van der Waals surface area contributed by atoms with Crippen molar-refractivity contribution in [1.82, 2.24) is 14.7 Å². The molecule has 1 saturated carbocycles. The minimum absolute atomic E-state index is 0.0639. The number of carbonyl (C=O) groups excluding carboxylic acids is 2. The van der Waals surface area contributed by atoms with Crippen LogP contribution in [0, 0.1) is 11.7 Å². The van der Waals surface area contributed by atoms with Crippen LogP contribution in [0.3, 0.4) is 0 Å². The molecule has 6 heteroatoms. The third-order valence-electron chi connectivity index (χ3n) is 7.63. The molecule has 5 rings (SSSR count). The normalized spacial score (nSPS) is 20.5. The van der Waals surface area contributed by atoms with Crippen LogP contribution in [-0.4, -0.2) is 65.3 Å². The Morgan fingerprint density at radius 2 is 1.48 bits per heavy atom. The van der Waals surface area contributed by atoms with E-state index >= 15 is 0 Å². The fourth-order valence-electron chi connectivity index (χ4n) is 5.78. The van der Waals surface area contributed by atoms with Gasteiger partial charge in [-0.2, -0.15) is 0 Å². The smallest absolute Gasteiger partial charge is 0.253 e. The van der Waals surface area contributed by atoms with Crippen LogP contribution in [0.2, 0.25) is 0 Å². The fourth-order valence-corrected chi connectivity index (χ4v) is 5.78. The van der Waals surface area contributed by atoms with E-state index in [9.17, 15) is 14.0 Å². The lowest BCUT2D eigenvalue weighted by Crippen LogP contribution is -2.58. The van der Waals surface area contributed by atoms with Gasteiger partial charge in [0.1, 0.15) is 5.82 Å². The van der Waals surface area contributed by atoms with Crippen molar-refractivity contribution in [2.24, 2.45) is 5.92 Å². The Kier molecular flexibility index (Phi) is 6.45. The van der Waals surface area contributed by atoms with E-state index in [1.54, 1.807) is 12.1 Å². The molecule has 0 bridgehead atoms. The van der Waals surface area contributed by atoms with Gasteiger partial charge in [-0.15, -0.1) is 0 Å². The maximum atomic E-state index is 13.8. The Morgan fingerprint density at radius 3 is 2.18 bits per heavy atom. The Hall–Kier alpha value is -2.73. The quantitative estimate of drug-likeness (QED) is 0.715. The van der Waals surface area contributed by atoms with E-state index in [2.05, 4.69) is 34.1 Å². The van der Waals surface area contributed by atoms with Crippen molar-refractivity contribution in [3.05, 3.63) is 71.0 Å². The van der Waals surface area contributed by atoms with E-state index in [0.717, 1.165) is 25.8 Å². The summed E-state index contributed by atoms with van der Waals surface area (Å²) in [4.78, 5) is 32.9. The molecule has 1 aliphatic carbocycles. The molecule has 3 aliphatic rings. The van der Waals surface area contributed by atoms with Gasteiger partial charge in [0.25, 0.3) is 5.91 Å². The number of amides is 2. The summed E-state index contributed by atoms with van der Waals surface area (Å²) in [6, 6.07) is 14.1. The van der Waals surface area contributed by atoms with Crippen molar-refractivity contribution in [2.75, 3.05) is 32.7 Å². The average Bonchev–Trinajstić information content (AvgIpc) is 3.39. The van der Waals surface area contributed by atoms with Gasteiger partial charge >= 0.3 is 0 Å². The van der Waals surface area contributed by atoms with E-state index in [1.807, 2.05) is 4.90 Å². The molecular weight excluding hydrogens is 417 g/mol. The highest BCUT2D eigenvalue weighted by atomic mass is 19.1. The average molecular weight is 450 g/mol. The Balaban J connectivity index is 1.27. The van der Waals surface area contributed by atoms with Crippen molar-refractivity contribution in [3.8, 4) is 0 Å². The summed E-state index contributed by atoms with van der Waals surface area (Å²) >= 11 is 0. The van der Waals surface area contributed by atoms with Gasteiger partial charge in [-0.25, -0.2) is 4.39 Å². The van der Waals surface area contributed by atoms with Crippen LogP contribution in [-0.2, 0) is 17.8 Å². The number of carbonyl (C=O) groups is 2. The third-order valence-corrected chi connectivity index (χ3v) is 7.63. The number of rotatable bonds is 4. The first-order chi connectivity index (χ1) is 16.1. The van der Waals surface area contributed by atoms with Crippen molar-refractivity contribution in [3.63, 3.8) is 0 Å². The van der Waals surface area contributed by atoms with Crippen LogP contribution in [0.15, 0.2) is 48.5 Å². The van der Waals surface area contributed by atoms with Crippen molar-refractivity contribution in [2.45, 2.75) is 44.7 Å². The number of fused-ring (bicyclic) bond motifs is 1. The molecule has 2 aromatic carbocycles. The van der Waals surface area contributed by atoms with Crippen LogP contribution >= 0.6 is 0 Å². The van der Waals surface area contributed by atoms with E-state index in [4.69, 9.17) is 0 Å². The summed E-state index contributed by atoms with van der Waals surface area (Å²) in [6.45, 7) is 4.06. The standard InChI is InChI=1S/C27H32FN3O2/c28-24-11-9-22(10-12-24)26(32)30-17-15-29(16-18-30)25(21-6-2-3-7-21)27(33)31-14-13-20-5-1-4-8-23(20)19-31/h1,4-5,8-12,21,25H,2-3,6-7,13-19H2/t25-/m1/s1.